The van der Waals surface area contributed by atoms with Gasteiger partial charge in [0.2, 0.25) is 0 Å². The third kappa shape index (κ3) is 4.36. The first kappa shape index (κ1) is 21.6. The van der Waals surface area contributed by atoms with E-state index < -0.39 is 28.2 Å². The maximum Gasteiger partial charge on any atom is 0.416 e. The molecule has 168 valence electrons. The molecule has 2 heterocycles. The molecule has 1 aromatic heterocycles. The van der Waals surface area contributed by atoms with Gasteiger partial charge in [-0.2, -0.15) is 13.4 Å². The number of benzene rings is 2. The zero-order valence-electron chi connectivity index (χ0n) is 17.0. The van der Waals surface area contributed by atoms with Crippen LogP contribution < -0.4 is 18.9 Å². The summed E-state index contributed by atoms with van der Waals surface area (Å²) in [7, 11) is -2.69. The molecule has 12 heteroatoms. The zero-order chi connectivity index (χ0) is 22.9. The smallest absolute Gasteiger partial charge is 0.416 e. The van der Waals surface area contributed by atoms with Crippen molar-refractivity contribution in [2.45, 2.75) is 19.5 Å². The van der Waals surface area contributed by atoms with Crippen LogP contribution in [0.4, 0.5) is 14.9 Å². The van der Waals surface area contributed by atoms with Crippen molar-refractivity contribution in [3.63, 3.8) is 0 Å². The molecule has 0 fully saturated rings. The second kappa shape index (κ2) is 8.48. The number of amides is 1. The molecule has 0 bridgehead atoms. The van der Waals surface area contributed by atoms with E-state index in [9.17, 15) is 17.6 Å². The largest absolute Gasteiger partial charge is 0.417 e. The maximum absolute atomic E-state index is 14.9. The number of ether oxygens (including phenoxy) is 2. The van der Waals surface area contributed by atoms with Gasteiger partial charge in [-0.25, -0.2) is 13.9 Å². The molecule has 0 saturated carbocycles. The third-order valence-electron chi connectivity index (χ3n) is 4.88. The van der Waals surface area contributed by atoms with Gasteiger partial charge in [0.05, 0.1) is 24.5 Å². The highest BCUT2D eigenvalue weighted by molar-refractivity contribution is 7.90. The lowest BCUT2D eigenvalue weighted by atomic mass is 10.0. The molecule has 0 spiro atoms. The number of aromatic nitrogens is 1. The van der Waals surface area contributed by atoms with Crippen molar-refractivity contribution in [1.29, 1.82) is 0 Å². The summed E-state index contributed by atoms with van der Waals surface area (Å²) in [5, 5.41) is 0. The van der Waals surface area contributed by atoms with Crippen molar-refractivity contribution >= 4 is 22.0 Å². The van der Waals surface area contributed by atoms with Gasteiger partial charge in [0, 0.05) is 24.2 Å². The molecule has 2 N–H and O–H groups in total. The summed E-state index contributed by atoms with van der Waals surface area (Å²) in [6.45, 7) is 1.65. The monoisotopic (exact) mass is 462 g/mol. The van der Waals surface area contributed by atoms with Gasteiger partial charge in [0.25, 0.3) is 10.2 Å². The number of nitrogens with one attached hydrogen (secondary N) is 2. The number of carbonyl (C=O) groups excluding carboxylic acids is 1. The van der Waals surface area contributed by atoms with Gasteiger partial charge in [-0.05, 0) is 25.1 Å². The second-order valence-electron chi connectivity index (χ2n) is 6.86. The number of rotatable bonds is 7. The minimum Gasteiger partial charge on any atom is -0.417 e. The molecule has 1 amide bonds. The van der Waals surface area contributed by atoms with E-state index in [2.05, 4.69) is 14.4 Å². The Morgan fingerprint density at radius 2 is 2.09 bits per heavy atom. The van der Waals surface area contributed by atoms with E-state index in [1.807, 2.05) is 0 Å². The number of nitrogens with zero attached hydrogens (tertiary/aromatic N) is 2. The summed E-state index contributed by atoms with van der Waals surface area (Å²) in [5.74, 6) is -0.110. The van der Waals surface area contributed by atoms with E-state index in [0.717, 1.165) is 0 Å². The van der Waals surface area contributed by atoms with Crippen LogP contribution in [0.25, 0.3) is 0 Å². The van der Waals surface area contributed by atoms with E-state index in [0.29, 0.717) is 17.1 Å². The molecule has 1 aliphatic rings. The van der Waals surface area contributed by atoms with Crippen LogP contribution in [0.1, 0.15) is 24.1 Å². The summed E-state index contributed by atoms with van der Waals surface area (Å²) in [4.78, 5) is 17.9. The third-order valence-corrected chi connectivity index (χ3v) is 5.91. The zero-order valence-corrected chi connectivity index (χ0v) is 17.8. The Morgan fingerprint density at radius 1 is 1.28 bits per heavy atom. The van der Waals surface area contributed by atoms with Crippen molar-refractivity contribution in [2.24, 2.45) is 0 Å². The van der Waals surface area contributed by atoms with E-state index in [1.54, 1.807) is 25.1 Å². The average Bonchev–Trinajstić information content (AvgIpc) is 3.26. The van der Waals surface area contributed by atoms with E-state index in [-0.39, 0.29) is 23.9 Å². The number of fused-ring (bicyclic) bond motifs is 1. The van der Waals surface area contributed by atoms with Crippen molar-refractivity contribution < 1.29 is 31.5 Å². The molecule has 3 aromatic rings. The van der Waals surface area contributed by atoms with Crippen LogP contribution in [0.3, 0.4) is 0 Å². The Balaban J connectivity index is 1.56. The van der Waals surface area contributed by atoms with Gasteiger partial charge < -0.3 is 13.9 Å². The van der Waals surface area contributed by atoms with Gasteiger partial charge in [0.15, 0.2) is 5.82 Å². The normalized spacial score (nSPS) is 15.8. The van der Waals surface area contributed by atoms with Crippen molar-refractivity contribution in [3.8, 4) is 17.6 Å². The molecule has 10 nitrogen and oxygen atoms in total. The van der Waals surface area contributed by atoms with Crippen molar-refractivity contribution in [1.82, 2.24) is 14.6 Å². The number of carbonyl (C=O) groups is 1. The van der Waals surface area contributed by atoms with Crippen molar-refractivity contribution in [3.05, 3.63) is 65.8 Å². The number of oxazole rings is 1. The Morgan fingerprint density at radius 3 is 2.81 bits per heavy atom. The van der Waals surface area contributed by atoms with Gasteiger partial charge in [-0.1, -0.05) is 12.1 Å². The highest BCUT2D eigenvalue weighted by atomic mass is 32.2. The number of anilines is 1. The lowest BCUT2D eigenvalue weighted by molar-refractivity contribution is 0.116. The Kier molecular flexibility index (Phi) is 5.72. The number of hydrogen-bond acceptors (Lipinski definition) is 7. The molecule has 32 heavy (non-hydrogen) atoms. The van der Waals surface area contributed by atoms with E-state index in [4.69, 9.17) is 13.9 Å². The summed E-state index contributed by atoms with van der Waals surface area (Å²) in [5.41, 5.74) is 0.581. The molecule has 2 aromatic carbocycles. The van der Waals surface area contributed by atoms with Gasteiger partial charge in [-0.15, -0.1) is 0 Å². The molecule has 1 atom stereocenters. The maximum atomic E-state index is 14.9. The van der Waals surface area contributed by atoms with Crippen LogP contribution >= 0.6 is 0 Å². The SMILES string of the molecule is CNS(=O)(=O)Nc1cccc(CN2C(=O)Oc3cc(Oc4ncco4)ccc3[C@@H]2C)c1F. The fourth-order valence-electron chi connectivity index (χ4n) is 3.21. The second-order valence-corrected chi connectivity index (χ2v) is 8.48. The first-order chi connectivity index (χ1) is 15.3. The first-order valence-corrected chi connectivity index (χ1v) is 10.9. The lowest BCUT2D eigenvalue weighted by Gasteiger charge is -2.34. The fourth-order valence-corrected chi connectivity index (χ4v) is 3.76. The molecule has 4 rings (SSSR count). The van der Waals surface area contributed by atoms with Gasteiger partial charge >= 0.3 is 12.2 Å². The predicted molar refractivity (Wildman–Crippen MR) is 111 cm³/mol. The van der Waals surface area contributed by atoms with Gasteiger partial charge in [0.1, 0.15) is 17.8 Å². The molecule has 1 aliphatic heterocycles. The molecular formula is C20H19FN4O6S. The summed E-state index contributed by atoms with van der Waals surface area (Å²) >= 11 is 0. The summed E-state index contributed by atoms with van der Waals surface area (Å²) < 4.78 is 58.4. The quantitative estimate of drug-likeness (QED) is 0.550. The minimum atomic E-state index is -3.90. The molecule has 0 unspecified atom stereocenters. The number of hydrogen-bond donors (Lipinski definition) is 2. The molecule has 0 saturated heterocycles. The molecular weight excluding hydrogens is 443 g/mol. The van der Waals surface area contributed by atoms with E-state index in [1.165, 1.54) is 42.6 Å². The topological polar surface area (TPSA) is 123 Å². The first-order valence-electron chi connectivity index (χ1n) is 9.46. The van der Waals surface area contributed by atoms with E-state index >= 15 is 0 Å². The van der Waals surface area contributed by atoms with Crippen molar-refractivity contribution in [2.75, 3.05) is 11.8 Å². The van der Waals surface area contributed by atoms with Crippen LogP contribution in [0.15, 0.2) is 53.3 Å². The molecule has 0 aliphatic carbocycles. The summed E-state index contributed by atoms with van der Waals surface area (Å²) in [6.07, 6.45) is 2.17. The standard InChI is InChI=1S/C20H19FN4O6S/c1-12-15-7-6-14(30-19-23-8-9-29-19)10-17(15)31-20(26)25(12)11-13-4-3-5-16(18(13)21)24-32(27,28)22-2/h3-10,12,22,24H,11H2,1-2H3/t12-/m0/s1. The lowest BCUT2D eigenvalue weighted by Crippen LogP contribution is -2.39. The Labute approximate surface area is 183 Å². The summed E-state index contributed by atoms with van der Waals surface area (Å²) in [6, 6.07) is 8.74. The Hall–Kier alpha value is -3.64. The van der Waals surface area contributed by atoms with Crippen LogP contribution in [0.2, 0.25) is 0 Å². The van der Waals surface area contributed by atoms with Gasteiger partial charge in [-0.3, -0.25) is 9.62 Å². The Bertz CT molecular complexity index is 1250. The predicted octanol–water partition coefficient (Wildman–Crippen LogP) is 3.56. The molecule has 0 radical (unpaired) electrons. The highest BCUT2D eigenvalue weighted by Gasteiger charge is 2.32. The minimum absolute atomic E-state index is 0.0472. The van der Waals surface area contributed by atoms with Crippen LogP contribution in [-0.2, 0) is 16.8 Å². The highest BCUT2D eigenvalue weighted by Crippen LogP contribution is 2.39. The average molecular weight is 462 g/mol. The van der Waals surface area contributed by atoms with Crippen LogP contribution in [0, 0.1) is 5.82 Å². The number of halogens is 1. The fraction of sp³-hybridized carbons (Fsp3) is 0.200. The van der Waals surface area contributed by atoms with Crippen LogP contribution in [-0.4, -0.2) is 31.4 Å². The van der Waals surface area contributed by atoms with Crippen LogP contribution in [0.5, 0.6) is 17.6 Å².